The van der Waals surface area contributed by atoms with Gasteiger partial charge in [0.1, 0.15) is 6.61 Å². The Kier molecular flexibility index (Phi) is 7.65. The molecule has 6 heteroatoms. The number of likely N-dealkylation sites (tertiary alicyclic amines) is 1. The fourth-order valence-corrected chi connectivity index (χ4v) is 4.49. The maximum Gasteiger partial charge on any atom is 0.410 e. The van der Waals surface area contributed by atoms with Crippen LogP contribution in [0.15, 0.2) is 18.2 Å². The fraction of sp³-hybridized carbons (Fsp3) is 0.682. The van der Waals surface area contributed by atoms with E-state index in [2.05, 4.69) is 4.90 Å². The van der Waals surface area contributed by atoms with Crippen molar-refractivity contribution in [3.63, 3.8) is 0 Å². The predicted octanol–water partition coefficient (Wildman–Crippen LogP) is 4.97. The van der Waals surface area contributed by atoms with E-state index in [1.165, 1.54) is 38.3 Å². The molecule has 28 heavy (non-hydrogen) atoms. The molecule has 2 fully saturated rings. The van der Waals surface area contributed by atoms with Crippen molar-refractivity contribution in [1.29, 1.82) is 0 Å². The molecule has 1 saturated heterocycles. The monoisotopic (exact) mass is 394 g/mol. The second kappa shape index (κ2) is 10.2. The molecule has 1 amide bonds. The number of nitrogens with zero attached hydrogens (tertiary/aromatic N) is 2. The van der Waals surface area contributed by atoms with Gasteiger partial charge in [-0.3, -0.25) is 0 Å². The van der Waals surface area contributed by atoms with Crippen LogP contribution in [0.2, 0.25) is 0 Å². The Hall–Kier alpha value is -1.69. The Balaban J connectivity index is 1.49. The molecule has 0 aromatic heterocycles. The fourth-order valence-electron chi connectivity index (χ4n) is 4.49. The summed E-state index contributed by atoms with van der Waals surface area (Å²) < 4.78 is 31.8. The van der Waals surface area contributed by atoms with E-state index in [0.29, 0.717) is 12.1 Å². The van der Waals surface area contributed by atoms with Crippen molar-refractivity contribution in [3.8, 4) is 0 Å². The van der Waals surface area contributed by atoms with Crippen molar-refractivity contribution in [2.45, 2.75) is 64.5 Å². The summed E-state index contributed by atoms with van der Waals surface area (Å²) in [6.45, 7) is 5.91. The summed E-state index contributed by atoms with van der Waals surface area (Å²) in [6, 6.07) is 3.77. The summed E-state index contributed by atoms with van der Waals surface area (Å²) in [6.07, 6.45) is 7.89. The Bertz CT molecular complexity index is 641. The zero-order valence-corrected chi connectivity index (χ0v) is 16.8. The summed E-state index contributed by atoms with van der Waals surface area (Å²) in [5.74, 6) is -0.968. The van der Waals surface area contributed by atoms with E-state index in [4.69, 9.17) is 4.74 Å². The van der Waals surface area contributed by atoms with Crippen molar-refractivity contribution in [3.05, 3.63) is 35.4 Å². The standard InChI is InChI=1S/C22H32F2N2O2/c1-2-11-26(22(27)28-16-18-7-8-20(23)21(24)14-18)19-9-12-25(13-10-19)15-17-5-3-4-6-17/h7-8,14,17,19H,2-6,9-13,15-16H2,1H3. The highest BCUT2D eigenvalue weighted by Gasteiger charge is 2.29. The first kappa shape index (κ1) is 21.0. The van der Waals surface area contributed by atoms with Crippen LogP contribution in [0.4, 0.5) is 13.6 Å². The van der Waals surface area contributed by atoms with Crippen LogP contribution in [0.5, 0.6) is 0 Å². The third-order valence-corrected chi connectivity index (χ3v) is 6.03. The second-order valence-electron chi connectivity index (χ2n) is 8.18. The normalized spacial score (nSPS) is 19.1. The van der Waals surface area contributed by atoms with Gasteiger partial charge in [0.15, 0.2) is 11.6 Å². The van der Waals surface area contributed by atoms with E-state index in [0.717, 1.165) is 50.4 Å². The zero-order valence-electron chi connectivity index (χ0n) is 16.8. The van der Waals surface area contributed by atoms with E-state index in [1.54, 1.807) is 0 Å². The van der Waals surface area contributed by atoms with Crippen LogP contribution in [0, 0.1) is 17.6 Å². The highest BCUT2D eigenvalue weighted by molar-refractivity contribution is 5.68. The van der Waals surface area contributed by atoms with Gasteiger partial charge in [-0.25, -0.2) is 13.6 Å². The summed E-state index contributed by atoms with van der Waals surface area (Å²) in [4.78, 5) is 17.0. The van der Waals surface area contributed by atoms with Gasteiger partial charge in [-0.2, -0.15) is 0 Å². The molecule has 1 heterocycles. The number of hydrogen-bond donors (Lipinski definition) is 0. The number of rotatable bonds is 7. The lowest BCUT2D eigenvalue weighted by Gasteiger charge is -2.38. The molecule has 0 spiro atoms. The number of halogens is 2. The van der Waals surface area contributed by atoms with Gasteiger partial charge in [0, 0.05) is 32.2 Å². The van der Waals surface area contributed by atoms with Crippen LogP contribution in [0.3, 0.4) is 0 Å². The molecule has 1 aliphatic carbocycles. The van der Waals surface area contributed by atoms with Crippen molar-refractivity contribution < 1.29 is 18.3 Å². The van der Waals surface area contributed by atoms with Crippen LogP contribution in [0.25, 0.3) is 0 Å². The van der Waals surface area contributed by atoms with E-state index >= 15 is 0 Å². The van der Waals surface area contributed by atoms with Crippen molar-refractivity contribution >= 4 is 6.09 Å². The van der Waals surface area contributed by atoms with E-state index in [-0.39, 0.29) is 18.7 Å². The SMILES string of the molecule is CCCN(C(=O)OCc1ccc(F)c(F)c1)C1CCN(CC2CCCC2)CC1. The van der Waals surface area contributed by atoms with Crippen LogP contribution >= 0.6 is 0 Å². The number of carbonyl (C=O) groups excluding carboxylic acids is 1. The quantitative estimate of drug-likeness (QED) is 0.655. The average Bonchev–Trinajstić information content (AvgIpc) is 3.20. The van der Waals surface area contributed by atoms with Gasteiger partial charge in [0.2, 0.25) is 0 Å². The Morgan fingerprint density at radius 1 is 1.14 bits per heavy atom. The number of hydrogen-bond acceptors (Lipinski definition) is 3. The lowest BCUT2D eigenvalue weighted by Crippen LogP contribution is -2.48. The Morgan fingerprint density at radius 2 is 1.86 bits per heavy atom. The first-order valence-corrected chi connectivity index (χ1v) is 10.7. The molecule has 2 aliphatic rings. The second-order valence-corrected chi connectivity index (χ2v) is 8.18. The van der Waals surface area contributed by atoms with Gasteiger partial charge in [-0.05, 0) is 55.7 Å². The topological polar surface area (TPSA) is 32.8 Å². The van der Waals surface area contributed by atoms with Gasteiger partial charge < -0.3 is 14.5 Å². The van der Waals surface area contributed by atoms with Gasteiger partial charge in [0.05, 0.1) is 0 Å². The van der Waals surface area contributed by atoms with Crippen molar-refractivity contribution in [1.82, 2.24) is 9.80 Å². The highest BCUT2D eigenvalue weighted by atomic mass is 19.2. The third-order valence-electron chi connectivity index (χ3n) is 6.03. The molecule has 3 rings (SSSR count). The summed E-state index contributed by atoms with van der Waals surface area (Å²) >= 11 is 0. The van der Waals surface area contributed by atoms with Crippen LogP contribution in [-0.2, 0) is 11.3 Å². The molecule has 0 N–H and O–H groups in total. The molecule has 0 unspecified atom stereocenters. The zero-order chi connectivity index (χ0) is 19.9. The molecule has 1 aliphatic heterocycles. The van der Waals surface area contributed by atoms with Gasteiger partial charge in [0.25, 0.3) is 0 Å². The summed E-state index contributed by atoms with van der Waals surface area (Å²) in [7, 11) is 0. The van der Waals surface area contributed by atoms with Crippen LogP contribution in [-0.4, -0.2) is 48.1 Å². The van der Waals surface area contributed by atoms with Gasteiger partial charge in [-0.15, -0.1) is 0 Å². The third kappa shape index (κ3) is 5.66. The molecule has 1 saturated carbocycles. The number of carbonyl (C=O) groups is 1. The molecule has 1 aromatic rings. The largest absolute Gasteiger partial charge is 0.445 e. The number of ether oxygens (including phenoxy) is 1. The van der Waals surface area contributed by atoms with E-state index in [9.17, 15) is 13.6 Å². The molecular weight excluding hydrogens is 362 g/mol. The van der Waals surface area contributed by atoms with E-state index < -0.39 is 11.6 Å². The molecule has 0 bridgehead atoms. The lowest BCUT2D eigenvalue weighted by atomic mass is 10.0. The minimum absolute atomic E-state index is 0.0449. The first-order valence-electron chi connectivity index (χ1n) is 10.7. The molecule has 1 aromatic carbocycles. The molecule has 0 radical (unpaired) electrons. The number of amides is 1. The van der Waals surface area contributed by atoms with Gasteiger partial charge in [-0.1, -0.05) is 25.8 Å². The highest BCUT2D eigenvalue weighted by Crippen LogP contribution is 2.27. The predicted molar refractivity (Wildman–Crippen MR) is 105 cm³/mol. The molecular formula is C22H32F2N2O2. The summed E-state index contributed by atoms with van der Waals surface area (Å²) in [5.41, 5.74) is 0.454. The molecule has 156 valence electrons. The Morgan fingerprint density at radius 3 is 2.50 bits per heavy atom. The van der Waals surface area contributed by atoms with Crippen molar-refractivity contribution in [2.24, 2.45) is 5.92 Å². The molecule has 4 nitrogen and oxygen atoms in total. The molecule has 0 atom stereocenters. The Labute approximate surface area is 166 Å². The maximum absolute atomic E-state index is 13.3. The van der Waals surface area contributed by atoms with E-state index in [1.807, 2.05) is 11.8 Å². The average molecular weight is 395 g/mol. The minimum Gasteiger partial charge on any atom is -0.445 e. The van der Waals surface area contributed by atoms with Gasteiger partial charge >= 0.3 is 6.09 Å². The number of piperidine rings is 1. The summed E-state index contributed by atoms with van der Waals surface area (Å²) in [5, 5.41) is 0. The first-order chi connectivity index (χ1) is 13.6. The van der Waals surface area contributed by atoms with Crippen LogP contribution in [0.1, 0.15) is 57.4 Å². The van der Waals surface area contributed by atoms with Crippen LogP contribution < -0.4 is 0 Å². The van der Waals surface area contributed by atoms with Crippen molar-refractivity contribution in [2.75, 3.05) is 26.2 Å². The minimum atomic E-state index is -0.923. The lowest BCUT2D eigenvalue weighted by molar-refractivity contribution is 0.0582. The smallest absolute Gasteiger partial charge is 0.410 e. The maximum atomic E-state index is 13.3. The number of benzene rings is 1.